The molecule has 0 spiro atoms. The largest absolute Gasteiger partial charge is 0.481 e. The van der Waals surface area contributed by atoms with Gasteiger partial charge in [-0.1, -0.05) is 26.2 Å². The van der Waals surface area contributed by atoms with Crippen LogP contribution in [0, 0.1) is 6.92 Å². The summed E-state index contributed by atoms with van der Waals surface area (Å²) in [6, 6.07) is 5.94. The van der Waals surface area contributed by atoms with Gasteiger partial charge >= 0.3 is 11.6 Å². The standard InChI is InChI=1S/C22H31NO4.BrH/c1-4-6-7-8-10-19-16(3)18-13-12-17(15-20(18)27-22(19)26)23(5-2)14-9-11-21(24)25;/h12-13,15H,4-11,14H2,1-3H3,(H,24,25);1H. The minimum Gasteiger partial charge on any atom is -0.481 e. The van der Waals surface area contributed by atoms with Gasteiger partial charge in [-0.25, -0.2) is 4.79 Å². The fourth-order valence-electron chi connectivity index (χ4n) is 3.49. The molecule has 1 N–H and O–H groups in total. The van der Waals surface area contributed by atoms with E-state index >= 15 is 0 Å². The average Bonchev–Trinajstić information content (AvgIpc) is 2.64. The van der Waals surface area contributed by atoms with Crippen LogP contribution in [0.15, 0.2) is 27.4 Å². The molecule has 0 fully saturated rings. The van der Waals surface area contributed by atoms with E-state index < -0.39 is 5.97 Å². The fourth-order valence-corrected chi connectivity index (χ4v) is 3.49. The number of benzene rings is 1. The summed E-state index contributed by atoms with van der Waals surface area (Å²) in [7, 11) is 0. The fraction of sp³-hybridized carbons (Fsp3) is 0.545. The number of rotatable bonds is 11. The highest BCUT2D eigenvalue weighted by Crippen LogP contribution is 2.26. The van der Waals surface area contributed by atoms with Gasteiger partial charge in [0.15, 0.2) is 0 Å². The molecule has 0 aliphatic rings. The molecule has 5 nitrogen and oxygen atoms in total. The van der Waals surface area contributed by atoms with Crippen molar-refractivity contribution in [3.8, 4) is 0 Å². The van der Waals surface area contributed by atoms with Crippen LogP contribution in [0.3, 0.4) is 0 Å². The van der Waals surface area contributed by atoms with Gasteiger partial charge in [-0.2, -0.15) is 0 Å². The predicted octanol–water partition coefficient (Wildman–Crippen LogP) is 5.49. The maximum Gasteiger partial charge on any atom is 0.339 e. The van der Waals surface area contributed by atoms with Crippen molar-refractivity contribution in [2.75, 3.05) is 18.0 Å². The minimum absolute atomic E-state index is 0. The van der Waals surface area contributed by atoms with Crippen molar-refractivity contribution in [2.24, 2.45) is 0 Å². The number of unbranched alkanes of at least 4 members (excludes halogenated alkanes) is 3. The van der Waals surface area contributed by atoms with Crippen LogP contribution < -0.4 is 10.5 Å². The van der Waals surface area contributed by atoms with Crippen LogP contribution in [0.1, 0.15) is 63.5 Å². The third-order valence-electron chi connectivity index (χ3n) is 5.12. The molecule has 2 rings (SSSR count). The number of hydrogen-bond donors (Lipinski definition) is 1. The van der Waals surface area contributed by atoms with Crippen molar-refractivity contribution in [1.82, 2.24) is 0 Å². The lowest BCUT2D eigenvalue weighted by Gasteiger charge is -2.23. The SMILES string of the molecule is Br.CCCCCCc1c(C)c2ccc(N(CC)CCCC(=O)O)cc2oc1=O. The smallest absolute Gasteiger partial charge is 0.339 e. The monoisotopic (exact) mass is 453 g/mol. The van der Waals surface area contributed by atoms with E-state index in [-0.39, 0.29) is 29.0 Å². The van der Waals surface area contributed by atoms with Crippen molar-refractivity contribution in [2.45, 2.75) is 65.7 Å². The van der Waals surface area contributed by atoms with E-state index in [9.17, 15) is 9.59 Å². The lowest BCUT2D eigenvalue weighted by atomic mass is 10.0. The number of aryl methyl sites for hydroxylation is 1. The van der Waals surface area contributed by atoms with Gasteiger partial charge in [-0.3, -0.25) is 4.79 Å². The van der Waals surface area contributed by atoms with Crippen molar-refractivity contribution in [3.63, 3.8) is 0 Å². The molecule has 1 heterocycles. The molecule has 1 aromatic heterocycles. The predicted molar refractivity (Wildman–Crippen MR) is 120 cm³/mol. The Hall–Kier alpha value is -1.82. The Morgan fingerprint density at radius 2 is 1.89 bits per heavy atom. The van der Waals surface area contributed by atoms with Gasteiger partial charge in [0.05, 0.1) is 0 Å². The molecule has 0 bridgehead atoms. The molecule has 6 heteroatoms. The summed E-state index contributed by atoms with van der Waals surface area (Å²) < 4.78 is 5.63. The third kappa shape index (κ3) is 6.36. The number of carboxylic acid groups (broad SMARTS) is 1. The highest BCUT2D eigenvalue weighted by atomic mass is 79.9. The van der Waals surface area contributed by atoms with E-state index in [1.807, 2.05) is 32.0 Å². The van der Waals surface area contributed by atoms with Gasteiger partial charge in [0.1, 0.15) is 5.58 Å². The lowest BCUT2D eigenvalue weighted by Crippen LogP contribution is -2.24. The average molecular weight is 454 g/mol. The van der Waals surface area contributed by atoms with Gasteiger partial charge < -0.3 is 14.4 Å². The quantitative estimate of drug-likeness (QED) is 0.359. The Morgan fingerprint density at radius 1 is 1.14 bits per heavy atom. The van der Waals surface area contributed by atoms with Gasteiger partial charge in [-0.15, -0.1) is 17.0 Å². The number of fused-ring (bicyclic) bond motifs is 1. The van der Waals surface area contributed by atoms with Gasteiger partial charge in [-0.05, 0) is 50.8 Å². The highest BCUT2D eigenvalue weighted by molar-refractivity contribution is 8.93. The molecule has 0 radical (unpaired) electrons. The Labute approximate surface area is 177 Å². The first-order valence-electron chi connectivity index (χ1n) is 10.0. The molecule has 0 amide bonds. The zero-order valence-corrected chi connectivity index (χ0v) is 18.8. The van der Waals surface area contributed by atoms with Crippen LogP contribution in [-0.2, 0) is 11.2 Å². The zero-order valence-electron chi connectivity index (χ0n) is 17.1. The molecule has 0 aliphatic carbocycles. The molecule has 0 atom stereocenters. The first-order valence-corrected chi connectivity index (χ1v) is 10.0. The highest BCUT2D eigenvalue weighted by Gasteiger charge is 2.13. The lowest BCUT2D eigenvalue weighted by molar-refractivity contribution is -0.137. The third-order valence-corrected chi connectivity index (χ3v) is 5.12. The Bertz CT molecular complexity index is 831. The van der Waals surface area contributed by atoms with E-state index in [4.69, 9.17) is 9.52 Å². The van der Waals surface area contributed by atoms with Crippen LogP contribution >= 0.6 is 17.0 Å². The van der Waals surface area contributed by atoms with Crippen LogP contribution in [0.2, 0.25) is 0 Å². The second-order valence-electron chi connectivity index (χ2n) is 7.06. The number of nitrogens with zero attached hydrogens (tertiary/aromatic N) is 1. The zero-order chi connectivity index (χ0) is 19.8. The number of carbonyl (C=O) groups is 1. The summed E-state index contributed by atoms with van der Waals surface area (Å²) in [5.41, 5.74) is 3.12. The molecule has 28 heavy (non-hydrogen) atoms. The summed E-state index contributed by atoms with van der Waals surface area (Å²) in [5, 5.41) is 9.80. The molecule has 1 aromatic carbocycles. The molecule has 2 aromatic rings. The Kier molecular flexibility index (Phi) is 10.3. The Morgan fingerprint density at radius 3 is 2.54 bits per heavy atom. The first-order chi connectivity index (χ1) is 13.0. The molecule has 0 saturated carbocycles. The second-order valence-corrected chi connectivity index (χ2v) is 7.06. The summed E-state index contributed by atoms with van der Waals surface area (Å²) in [6.45, 7) is 7.63. The first kappa shape index (κ1) is 24.2. The van der Waals surface area contributed by atoms with E-state index in [1.54, 1.807) is 0 Å². The van der Waals surface area contributed by atoms with Crippen LogP contribution in [0.5, 0.6) is 0 Å². The van der Waals surface area contributed by atoms with Crippen LogP contribution in [0.25, 0.3) is 11.0 Å². The summed E-state index contributed by atoms with van der Waals surface area (Å²) >= 11 is 0. The molecular formula is C22H32BrNO4. The minimum atomic E-state index is -0.780. The van der Waals surface area contributed by atoms with Crippen molar-refractivity contribution >= 4 is 39.6 Å². The summed E-state index contributed by atoms with van der Waals surface area (Å²) in [4.78, 5) is 25.3. The summed E-state index contributed by atoms with van der Waals surface area (Å²) in [5.74, 6) is -0.780. The molecule has 0 saturated heterocycles. The number of hydrogen-bond acceptors (Lipinski definition) is 4. The summed E-state index contributed by atoms with van der Waals surface area (Å²) in [6.07, 6.45) is 6.01. The number of aliphatic carboxylic acids is 1. The van der Waals surface area contributed by atoms with Crippen molar-refractivity contribution in [1.29, 1.82) is 0 Å². The normalized spacial score (nSPS) is 10.7. The molecule has 0 unspecified atom stereocenters. The van der Waals surface area contributed by atoms with Crippen molar-refractivity contribution in [3.05, 3.63) is 39.7 Å². The van der Waals surface area contributed by atoms with E-state index in [2.05, 4.69) is 11.8 Å². The second kappa shape index (κ2) is 11.9. The molecule has 0 aliphatic heterocycles. The number of anilines is 1. The van der Waals surface area contributed by atoms with E-state index in [0.717, 1.165) is 48.0 Å². The maximum atomic E-state index is 12.5. The van der Waals surface area contributed by atoms with Crippen LogP contribution in [-0.4, -0.2) is 24.2 Å². The van der Waals surface area contributed by atoms with Gasteiger partial charge in [0, 0.05) is 42.2 Å². The van der Waals surface area contributed by atoms with Crippen LogP contribution in [0.4, 0.5) is 5.69 Å². The van der Waals surface area contributed by atoms with Crippen molar-refractivity contribution < 1.29 is 14.3 Å². The van der Waals surface area contributed by atoms with Gasteiger partial charge in [0.2, 0.25) is 0 Å². The maximum absolute atomic E-state index is 12.5. The van der Waals surface area contributed by atoms with Gasteiger partial charge in [0.25, 0.3) is 0 Å². The number of carboxylic acids is 1. The van der Waals surface area contributed by atoms with E-state index in [0.29, 0.717) is 18.5 Å². The Balaban J connectivity index is 0.00000392. The number of halogens is 1. The topological polar surface area (TPSA) is 70.8 Å². The van der Waals surface area contributed by atoms with E-state index in [1.165, 1.54) is 12.8 Å². The molecular weight excluding hydrogens is 422 g/mol. The molecule has 156 valence electrons.